The topological polar surface area (TPSA) is 56.8 Å². The molecule has 2 aliphatic carbocycles. The molecule has 2 aliphatic rings. The van der Waals surface area contributed by atoms with E-state index >= 15 is 8.78 Å². The summed E-state index contributed by atoms with van der Waals surface area (Å²) in [4.78, 5) is 0. The van der Waals surface area contributed by atoms with Gasteiger partial charge in [-0.1, -0.05) is 38.7 Å². The molecular weight excluding hydrogens is 382 g/mol. The summed E-state index contributed by atoms with van der Waals surface area (Å²) in [6.45, 7) is 4.34. The van der Waals surface area contributed by atoms with E-state index in [1.807, 2.05) is 12.1 Å². The molecule has 0 unspecified atom stereocenters. The van der Waals surface area contributed by atoms with Crippen LogP contribution >= 0.6 is 0 Å². The number of alkyl halides is 2. The number of ether oxygens (including phenoxy) is 1. The summed E-state index contributed by atoms with van der Waals surface area (Å²) in [6, 6.07) is 7.13. The molecule has 0 amide bonds. The molecular formula is C25H32F2N2O. The largest absolute Gasteiger partial charge is 0.492 e. The van der Waals surface area contributed by atoms with Crippen LogP contribution in [0.25, 0.3) is 0 Å². The first-order valence-electron chi connectivity index (χ1n) is 11.4. The molecule has 5 heteroatoms. The van der Waals surface area contributed by atoms with Crippen molar-refractivity contribution in [3.63, 3.8) is 0 Å². The zero-order valence-corrected chi connectivity index (χ0v) is 18.1. The molecule has 0 bridgehead atoms. The van der Waals surface area contributed by atoms with Crippen molar-refractivity contribution >= 4 is 0 Å². The molecule has 162 valence electrons. The number of hydrogen-bond donors (Lipinski definition) is 0. The maximum Gasteiger partial charge on any atom is 0.255 e. The average molecular weight is 415 g/mol. The second-order valence-electron chi connectivity index (χ2n) is 8.98. The maximum atomic E-state index is 15.3. The molecule has 0 spiro atoms. The van der Waals surface area contributed by atoms with Gasteiger partial charge in [0.15, 0.2) is 0 Å². The zero-order chi connectivity index (χ0) is 21.7. The number of nitriles is 2. The molecule has 0 radical (unpaired) electrons. The van der Waals surface area contributed by atoms with Crippen molar-refractivity contribution in [2.75, 3.05) is 6.61 Å². The van der Waals surface area contributed by atoms with Crippen LogP contribution in [0.4, 0.5) is 8.78 Å². The van der Waals surface area contributed by atoms with Crippen LogP contribution in [0.3, 0.4) is 0 Å². The van der Waals surface area contributed by atoms with E-state index < -0.39 is 11.8 Å². The van der Waals surface area contributed by atoms with E-state index in [0.29, 0.717) is 30.3 Å². The van der Waals surface area contributed by atoms with Crippen molar-refractivity contribution < 1.29 is 13.5 Å². The van der Waals surface area contributed by atoms with Crippen LogP contribution < -0.4 is 4.74 Å². The van der Waals surface area contributed by atoms with Crippen molar-refractivity contribution in [2.45, 2.75) is 83.5 Å². The summed E-state index contributed by atoms with van der Waals surface area (Å²) in [5, 5.41) is 19.2. The first-order valence-corrected chi connectivity index (χ1v) is 11.4. The molecule has 2 fully saturated rings. The van der Waals surface area contributed by atoms with E-state index in [9.17, 15) is 10.5 Å². The molecule has 3 nitrogen and oxygen atoms in total. The highest BCUT2D eigenvalue weighted by atomic mass is 19.3. The standard InChI is InChI=1S/C25H32F2N2O/c1-3-5-17-6-8-18(9-7-17)19-10-12-23(25(26,27)14-19)20-11-13-24(30-4-2)22(16-29)21(20)15-28/h11,13,17-19,23H,3-10,12,14H2,1-2H3/t17?,18?,19-,23+/m0/s1. The number of nitrogens with zero attached hydrogens (tertiary/aromatic N) is 2. The highest BCUT2D eigenvalue weighted by Gasteiger charge is 2.48. The van der Waals surface area contributed by atoms with Crippen molar-refractivity contribution in [2.24, 2.45) is 17.8 Å². The van der Waals surface area contributed by atoms with Crippen LogP contribution in [0, 0.1) is 40.4 Å². The van der Waals surface area contributed by atoms with Gasteiger partial charge < -0.3 is 4.74 Å². The summed E-state index contributed by atoms with van der Waals surface area (Å²) in [5.74, 6) is -2.36. The van der Waals surface area contributed by atoms with E-state index in [2.05, 4.69) is 6.92 Å². The van der Waals surface area contributed by atoms with Gasteiger partial charge in [0.25, 0.3) is 5.92 Å². The second-order valence-corrected chi connectivity index (χ2v) is 8.98. The number of hydrogen-bond acceptors (Lipinski definition) is 3. The molecule has 30 heavy (non-hydrogen) atoms. The van der Waals surface area contributed by atoms with Gasteiger partial charge in [-0.15, -0.1) is 0 Å². The van der Waals surface area contributed by atoms with Gasteiger partial charge in [0.05, 0.1) is 12.2 Å². The Balaban J connectivity index is 1.77. The third-order valence-corrected chi connectivity index (χ3v) is 7.22. The Bertz CT molecular complexity index is 816. The summed E-state index contributed by atoms with van der Waals surface area (Å²) in [6.07, 6.45) is 7.96. The van der Waals surface area contributed by atoms with E-state index in [0.717, 1.165) is 25.2 Å². The second kappa shape index (κ2) is 9.78. The monoisotopic (exact) mass is 414 g/mol. The lowest BCUT2D eigenvalue weighted by molar-refractivity contribution is -0.0846. The average Bonchev–Trinajstić information content (AvgIpc) is 2.74. The predicted octanol–water partition coefficient (Wildman–Crippen LogP) is 6.95. The van der Waals surface area contributed by atoms with Gasteiger partial charge in [-0.05, 0) is 62.0 Å². The Kier molecular flexibility index (Phi) is 7.35. The normalized spacial score (nSPS) is 28.3. The highest BCUT2D eigenvalue weighted by molar-refractivity contribution is 5.59. The minimum absolute atomic E-state index is 0.0478. The fraction of sp³-hybridized carbons (Fsp3) is 0.680. The van der Waals surface area contributed by atoms with Gasteiger partial charge in [-0.2, -0.15) is 10.5 Å². The lowest BCUT2D eigenvalue weighted by Gasteiger charge is -2.42. The fourth-order valence-electron chi connectivity index (χ4n) is 5.73. The molecule has 2 saturated carbocycles. The first-order chi connectivity index (χ1) is 14.4. The minimum Gasteiger partial charge on any atom is -0.492 e. The SMILES string of the molecule is CCCC1CCC([C@H]2CC[C@H](c3ccc(OCC)c(C#N)c3C#N)C(F)(F)C2)CC1. The van der Waals surface area contributed by atoms with E-state index in [-0.39, 0.29) is 23.5 Å². The number of halogens is 2. The minimum atomic E-state index is -2.87. The van der Waals surface area contributed by atoms with Crippen molar-refractivity contribution in [3.8, 4) is 17.9 Å². The van der Waals surface area contributed by atoms with Crippen molar-refractivity contribution in [1.29, 1.82) is 10.5 Å². The van der Waals surface area contributed by atoms with Crippen molar-refractivity contribution in [1.82, 2.24) is 0 Å². The molecule has 0 saturated heterocycles. The third-order valence-electron chi connectivity index (χ3n) is 7.22. The summed E-state index contributed by atoms with van der Waals surface area (Å²) in [7, 11) is 0. The van der Waals surface area contributed by atoms with Gasteiger partial charge >= 0.3 is 0 Å². The van der Waals surface area contributed by atoms with Gasteiger partial charge in [0.2, 0.25) is 0 Å². The molecule has 1 aromatic rings. The Morgan fingerprint density at radius 1 is 0.967 bits per heavy atom. The zero-order valence-electron chi connectivity index (χ0n) is 18.1. The Morgan fingerprint density at radius 2 is 1.63 bits per heavy atom. The lowest BCUT2D eigenvalue weighted by atomic mass is 9.66. The summed E-state index contributed by atoms with van der Waals surface area (Å²) in [5.41, 5.74) is 0.420. The van der Waals surface area contributed by atoms with Crippen LogP contribution in [0.15, 0.2) is 12.1 Å². The summed E-state index contributed by atoms with van der Waals surface area (Å²) >= 11 is 0. The van der Waals surface area contributed by atoms with E-state index in [4.69, 9.17) is 4.74 Å². The van der Waals surface area contributed by atoms with Crippen LogP contribution in [0.2, 0.25) is 0 Å². The first kappa shape index (κ1) is 22.5. The molecule has 2 atom stereocenters. The summed E-state index contributed by atoms with van der Waals surface area (Å²) < 4.78 is 36.1. The molecule has 0 heterocycles. The Labute approximate surface area is 179 Å². The van der Waals surface area contributed by atoms with Crippen LogP contribution in [-0.4, -0.2) is 12.5 Å². The van der Waals surface area contributed by atoms with Gasteiger partial charge in [0.1, 0.15) is 23.5 Å². The number of rotatable bonds is 6. The van der Waals surface area contributed by atoms with Crippen LogP contribution in [0.5, 0.6) is 5.75 Å². The molecule has 1 aromatic carbocycles. The molecule has 0 N–H and O–H groups in total. The Hall–Kier alpha value is -2.14. The highest BCUT2D eigenvalue weighted by Crippen LogP contribution is 2.52. The van der Waals surface area contributed by atoms with Gasteiger partial charge in [-0.3, -0.25) is 0 Å². The predicted molar refractivity (Wildman–Crippen MR) is 112 cm³/mol. The van der Waals surface area contributed by atoms with E-state index in [1.54, 1.807) is 19.1 Å². The van der Waals surface area contributed by atoms with Crippen molar-refractivity contribution in [3.05, 3.63) is 28.8 Å². The third kappa shape index (κ3) is 4.61. The fourth-order valence-corrected chi connectivity index (χ4v) is 5.73. The van der Waals surface area contributed by atoms with Gasteiger partial charge in [0, 0.05) is 12.3 Å². The lowest BCUT2D eigenvalue weighted by Crippen LogP contribution is -2.38. The smallest absolute Gasteiger partial charge is 0.255 e. The van der Waals surface area contributed by atoms with Gasteiger partial charge in [-0.25, -0.2) is 8.78 Å². The van der Waals surface area contributed by atoms with Crippen LogP contribution in [-0.2, 0) is 0 Å². The van der Waals surface area contributed by atoms with E-state index in [1.165, 1.54) is 25.7 Å². The Morgan fingerprint density at radius 3 is 2.20 bits per heavy atom. The van der Waals surface area contributed by atoms with Crippen LogP contribution in [0.1, 0.15) is 94.2 Å². The molecule has 0 aromatic heterocycles. The maximum absolute atomic E-state index is 15.3. The molecule has 3 rings (SSSR count). The quantitative estimate of drug-likeness (QED) is 0.506. The number of benzene rings is 1. The molecule has 0 aliphatic heterocycles.